The third-order valence-electron chi connectivity index (χ3n) is 2.60. The minimum absolute atomic E-state index is 0.198. The summed E-state index contributed by atoms with van der Waals surface area (Å²) in [6.07, 6.45) is -1.61. The number of aliphatic hydroxyl groups excluding tert-OH is 1. The van der Waals surface area contributed by atoms with Gasteiger partial charge < -0.3 is 15.2 Å². The Hall–Kier alpha value is -1.62. The van der Waals surface area contributed by atoms with Gasteiger partial charge in [-0.15, -0.1) is 0 Å². The molecule has 0 saturated carbocycles. The molecule has 0 aliphatic rings. The highest BCUT2D eigenvalue weighted by Gasteiger charge is 2.21. The van der Waals surface area contributed by atoms with Gasteiger partial charge in [0.15, 0.2) is 6.10 Å². The molecule has 0 spiro atoms. The maximum Gasteiger partial charge on any atom is 0.261 e. The van der Waals surface area contributed by atoms with Gasteiger partial charge in [-0.05, 0) is 46.8 Å². The minimum Gasteiger partial charge on any atom is -0.481 e. The number of hydrogen-bond acceptors (Lipinski definition) is 3. The van der Waals surface area contributed by atoms with Crippen molar-refractivity contribution in [3.8, 4) is 5.75 Å². The van der Waals surface area contributed by atoms with Crippen LogP contribution in [0.2, 0.25) is 0 Å². The van der Waals surface area contributed by atoms with Crippen molar-refractivity contribution in [1.82, 2.24) is 5.32 Å². The third-order valence-corrected chi connectivity index (χ3v) is 2.60. The van der Waals surface area contributed by atoms with Crippen LogP contribution in [-0.4, -0.2) is 22.7 Å². The average molecular weight is 283 g/mol. The Balaban J connectivity index is 2.74. The Morgan fingerprint density at radius 1 is 1.35 bits per heavy atom. The third kappa shape index (κ3) is 4.81. The largest absolute Gasteiger partial charge is 0.481 e. The fourth-order valence-electron chi connectivity index (χ4n) is 1.65. The average Bonchev–Trinajstić information content (AvgIpc) is 2.26. The van der Waals surface area contributed by atoms with E-state index in [1.54, 1.807) is 6.92 Å². The van der Waals surface area contributed by atoms with Gasteiger partial charge in [0.1, 0.15) is 11.6 Å². The van der Waals surface area contributed by atoms with Crippen molar-refractivity contribution in [1.29, 1.82) is 0 Å². The van der Waals surface area contributed by atoms with Crippen LogP contribution >= 0.6 is 0 Å². The highest BCUT2D eigenvalue weighted by molar-refractivity contribution is 5.81. The van der Waals surface area contributed by atoms with Crippen LogP contribution in [0, 0.1) is 5.82 Å². The molecule has 1 amide bonds. The second kappa shape index (κ2) is 6.22. The van der Waals surface area contributed by atoms with E-state index < -0.39 is 18.0 Å². The number of amides is 1. The number of aliphatic hydroxyl groups is 1. The van der Waals surface area contributed by atoms with Gasteiger partial charge >= 0.3 is 0 Å². The van der Waals surface area contributed by atoms with Crippen molar-refractivity contribution in [3.63, 3.8) is 0 Å². The lowest BCUT2D eigenvalue weighted by Crippen LogP contribution is -2.46. The number of rotatable bonds is 4. The first-order valence-corrected chi connectivity index (χ1v) is 6.56. The van der Waals surface area contributed by atoms with E-state index in [1.165, 1.54) is 25.1 Å². The van der Waals surface area contributed by atoms with Gasteiger partial charge in [0.25, 0.3) is 5.91 Å². The molecule has 0 heterocycles. The highest BCUT2D eigenvalue weighted by atomic mass is 19.1. The SMILES string of the molecule is CC(Oc1ccc([C@H](C)O)c(F)c1)C(=O)NC(C)(C)C. The Kier molecular flexibility index (Phi) is 5.11. The number of halogens is 1. The Labute approximate surface area is 119 Å². The quantitative estimate of drug-likeness (QED) is 0.893. The molecule has 0 fully saturated rings. The predicted octanol–water partition coefficient (Wildman–Crippen LogP) is 2.56. The lowest BCUT2D eigenvalue weighted by molar-refractivity contribution is -0.128. The van der Waals surface area contributed by atoms with Crippen molar-refractivity contribution >= 4 is 5.91 Å². The summed E-state index contributed by atoms with van der Waals surface area (Å²) in [5.41, 5.74) is -0.153. The molecule has 1 unspecified atom stereocenters. The highest BCUT2D eigenvalue weighted by Crippen LogP contribution is 2.22. The van der Waals surface area contributed by atoms with E-state index >= 15 is 0 Å². The monoisotopic (exact) mass is 283 g/mol. The molecule has 0 aliphatic carbocycles. The molecule has 5 heteroatoms. The molecule has 0 aromatic heterocycles. The topological polar surface area (TPSA) is 58.6 Å². The van der Waals surface area contributed by atoms with Crippen LogP contribution in [0.3, 0.4) is 0 Å². The summed E-state index contributed by atoms with van der Waals surface area (Å²) in [5, 5.41) is 12.1. The van der Waals surface area contributed by atoms with Crippen LogP contribution < -0.4 is 10.1 Å². The van der Waals surface area contributed by atoms with Crippen molar-refractivity contribution in [3.05, 3.63) is 29.6 Å². The van der Waals surface area contributed by atoms with Crippen LogP contribution in [-0.2, 0) is 4.79 Å². The maximum absolute atomic E-state index is 13.7. The first-order valence-electron chi connectivity index (χ1n) is 6.56. The molecule has 1 aromatic carbocycles. The summed E-state index contributed by atoms with van der Waals surface area (Å²) in [4.78, 5) is 11.9. The molecule has 1 aromatic rings. The standard InChI is InChI=1S/C15H22FNO3/c1-9(18)12-7-6-11(8-13(12)16)20-10(2)14(19)17-15(3,4)5/h6-10,18H,1-5H3,(H,17,19)/t9-,10?/m0/s1. The van der Waals surface area contributed by atoms with Crippen molar-refractivity contribution in [2.24, 2.45) is 0 Å². The van der Waals surface area contributed by atoms with Gasteiger partial charge in [-0.3, -0.25) is 4.79 Å². The number of nitrogens with one attached hydrogen (secondary N) is 1. The van der Waals surface area contributed by atoms with Crippen LogP contribution in [0.5, 0.6) is 5.75 Å². The zero-order valence-electron chi connectivity index (χ0n) is 12.5. The predicted molar refractivity (Wildman–Crippen MR) is 75.0 cm³/mol. The van der Waals surface area contributed by atoms with E-state index in [1.807, 2.05) is 20.8 Å². The number of benzene rings is 1. The van der Waals surface area contributed by atoms with Crippen molar-refractivity contribution in [2.75, 3.05) is 0 Å². The first kappa shape index (κ1) is 16.4. The normalized spacial score (nSPS) is 14.6. The van der Waals surface area contributed by atoms with Gasteiger partial charge in [0.05, 0.1) is 6.10 Å². The molecular weight excluding hydrogens is 261 g/mol. The second-order valence-electron chi connectivity index (χ2n) is 5.86. The molecule has 1 rings (SSSR count). The Morgan fingerprint density at radius 2 is 1.95 bits per heavy atom. The molecule has 0 bridgehead atoms. The Morgan fingerprint density at radius 3 is 2.40 bits per heavy atom. The molecule has 0 saturated heterocycles. The zero-order valence-corrected chi connectivity index (χ0v) is 12.5. The molecule has 4 nitrogen and oxygen atoms in total. The van der Waals surface area contributed by atoms with E-state index in [0.717, 1.165) is 0 Å². The van der Waals surface area contributed by atoms with Crippen LogP contribution in [0.4, 0.5) is 4.39 Å². The van der Waals surface area contributed by atoms with E-state index in [2.05, 4.69) is 5.32 Å². The summed E-state index contributed by atoms with van der Waals surface area (Å²) in [6, 6.07) is 4.15. The summed E-state index contributed by atoms with van der Waals surface area (Å²) in [6.45, 7) is 8.69. The number of carbonyl (C=O) groups is 1. The lowest BCUT2D eigenvalue weighted by atomic mass is 10.1. The fourth-order valence-corrected chi connectivity index (χ4v) is 1.65. The van der Waals surface area contributed by atoms with Crippen molar-refractivity contribution in [2.45, 2.75) is 52.4 Å². The van der Waals surface area contributed by atoms with Gasteiger partial charge in [-0.25, -0.2) is 4.39 Å². The van der Waals surface area contributed by atoms with Gasteiger partial charge in [-0.1, -0.05) is 0 Å². The number of ether oxygens (including phenoxy) is 1. The van der Waals surface area contributed by atoms with E-state index in [-0.39, 0.29) is 22.8 Å². The lowest BCUT2D eigenvalue weighted by Gasteiger charge is -2.23. The minimum atomic E-state index is -0.884. The van der Waals surface area contributed by atoms with Gasteiger partial charge in [-0.2, -0.15) is 0 Å². The number of carbonyl (C=O) groups excluding carboxylic acids is 1. The Bertz CT molecular complexity index is 480. The van der Waals surface area contributed by atoms with Crippen LogP contribution in [0.25, 0.3) is 0 Å². The zero-order chi connectivity index (χ0) is 15.5. The second-order valence-corrected chi connectivity index (χ2v) is 5.86. The van der Waals surface area contributed by atoms with Crippen molar-refractivity contribution < 1.29 is 19.0 Å². The van der Waals surface area contributed by atoms with Gasteiger partial charge in [0.2, 0.25) is 0 Å². The molecule has 20 heavy (non-hydrogen) atoms. The van der Waals surface area contributed by atoms with E-state index in [0.29, 0.717) is 0 Å². The molecule has 2 N–H and O–H groups in total. The summed E-state index contributed by atoms with van der Waals surface area (Å²) < 4.78 is 19.1. The first-order chi connectivity index (χ1) is 9.10. The van der Waals surface area contributed by atoms with E-state index in [4.69, 9.17) is 4.74 Å². The molecule has 0 radical (unpaired) electrons. The summed E-state index contributed by atoms with van der Waals surface area (Å²) in [5.74, 6) is -0.568. The molecular formula is C15H22FNO3. The van der Waals surface area contributed by atoms with Crippen LogP contribution in [0.1, 0.15) is 46.3 Å². The smallest absolute Gasteiger partial charge is 0.261 e. The summed E-state index contributed by atoms with van der Waals surface area (Å²) in [7, 11) is 0. The number of hydrogen-bond donors (Lipinski definition) is 2. The van der Waals surface area contributed by atoms with Gasteiger partial charge in [0, 0.05) is 17.2 Å². The fraction of sp³-hybridized carbons (Fsp3) is 0.533. The molecule has 0 aliphatic heterocycles. The van der Waals surface area contributed by atoms with E-state index in [9.17, 15) is 14.3 Å². The maximum atomic E-state index is 13.7. The molecule has 2 atom stereocenters. The van der Waals surface area contributed by atoms with Crippen LogP contribution in [0.15, 0.2) is 18.2 Å². The molecule has 112 valence electrons. The summed E-state index contributed by atoms with van der Waals surface area (Å²) >= 11 is 0.